The third-order valence-corrected chi connectivity index (χ3v) is 3.82. The first-order valence-electron chi connectivity index (χ1n) is 7.71. The Morgan fingerprint density at radius 2 is 2.00 bits per heavy atom. The van der Waals surface area contributed by atoms with Gasteiger partial charge in [-0.3, -0.25) is 0 Å². The lowest BCUT2D eigenvalue weighted by Gasteiger charge is -2.17. The van der Waals surface area contributed by atoms with Crippen LogP contribution in [0.4, 0.5) is 20.7 Å². The van der Waals surface area contributed by atoms with E-state index in [1.54, 1.807) is 18.3 Å². The second-order valence-corrected chi connectivity index (χ2v) is 5.50. The molecule has 3 rings (SSSR count). The van der Waals surface area contributed by atoms with E-state index in [1.165, 1.54) is 25.0 Å². The van der Waals surface area contributed by atoms with Crippen LogP contribution in [0.2, 0.25) is 0 Å². The highest BCUT2D eigenvalue weighted by Gasteiger charge is 2.13. The van der Waals surface area contributed by atoms with Gasteiger partial charge < -0.3 is 15.5 Å². The van der Waals surface area contributed by atoms with Gasteiger partial charge in [-0.1, -0.05) is 12.1 Å². The summed E-state index contributed by atoms with van der Waals surface area (Å²) in [4.78, 5) is 18.5. The number of rotatable bonds is 4. The van der Waals surface area contributed by atoms with E-state index in [1.807, 2.05) is 12.1 Å². The second kappa shape index (κ2) is 7.09. The smallest absolute Gasteiger partial charge is 0.319 e. The second-order valence-electron chi connectivity index (χ2n) is 5.50. The quantitative estimate of drug-likeness (QED) is 0.911. The number of nitrogens with zero attached hydrogens (tertiary/aromatic N) is 2. The molecule has 2 heterocycles. The number of urea groups is 1. The first-order valence-corrected chi connectivity index (χ1v) is 7.71. The van der Waals surface area contributed by atoms with Crippen molar-refractivity contribution in [1.82, 2.24) is 10.3 Å². The Kier molecular flexibility index (Phi) is 4.71. The Labute approximate surface area is 134 Å². The minimum Gasteiger partial charge on any atom is -0.357 e. The summed E-state index contributed by atoms with van der Waals surface area (Å²) in [5.74, 6) is 0.485. The molecular formula is C17H19FN4O. The molecule has 0 aliphatic carbocycles. The van der Waals surface area contributed by atoms with E-state index in [0.717, 1.165) is 24.5 Å². The summed E-state index contributed by atoms with van der Waals surface area (Å²) in [5, 5.41) is 5.23. The number of para-hydroxylation sites is 1. The lowest BCUT2D eigenvalue weighted by atomic mass is 10.2. The SMILES string of the molecule is O=C(NCc1ccnc(N2CCCC2)c1)Nc1ccccc1F. The van der Waals surface area contributed by atoms with Crippen LogP contribution in [0.25, 0.3) is 0 Å². The zero-order valence-electron chi connectivity index (χ0n) is 12.8. The predicted molar refractivity (Wildman–Crippen MR) is 87.9 cm³/mol. The van der Waals surface area contributed by atoms with Crippen molar-refractivity contribution in [2.75, 3.05) is 23.3 Å². The summed E-state index contributed by atoms with van der Waals surface area (Å²) in [6, 6.07) is 9.49. The zero-order valence-corrected chi connectivity index (χ0v) is 12.8. The first-order chi connectivity index (χ1) is 11.2. The number of halogens is 1. The standard InChI is InChI=1S/C17H19FN4O/c18-14-5-1-2-6-15(14)21-17(23)20-12-13-7-8-19-16(11-13)22-9-3-4-10-22/h1-2,5-8,11H,3-4,9-10,12H2,(H2,20,21,23). The third kappa shape index (κ3) is 3.97. The number of pyridine rings is 1. The van der Waals surface area contributed by atoms with Crippen molar-refractivity contribution >= 4 is 17.5 Å². The molecule has 2 amide bonds. The van der Waals surface area contributed by atoms with Crippen LogP contribution in [0.5, 0.6) is 0 Å². The molecule has 2 N–H and O–H groups in total. The molecule has 2 aromatic rings. The number of benzene rings is 1. The van der Waals surface area contributed by atoms with Gasteiger partial charge in [0.25, 0.3) is 0 Å². The van der Waals surface area contributed by atoms with Crippen LogP contribution in [0.1, 0.15) is 18.4 Å². The van der Waals surface area contributed by atoms with Crippen LogP contribution in [0, 0.1) is 5.82 Å². The van der Waals surface area contributed by atoms with Crippen LogP contribution in [0.3, 0.4) is 0 Å². The Morgan fingerprint density at radius 1 is 1.22 bits per heavy atom. The van der Waals surface area contributed by atoms with Crippen LogP contribution in [-0.2, 0) is 6.54 Å². The number of hydrogen-bond acceptors (Lipinski definition) is 3. The topological polar surface area (TPSA) is 57.3 Å². The van der Waals surface area contributed by atoms with E-state index >= 15 is 0 Å². The molecule has 0 radical (unpaired) electrons. The Morgan fingerprint density at radius 3 is 2.78 bits per heavy atom. The van der Waals surface area contributed by atoms with Crippen molar-refractivity contribution < 1.29 is 9.18 Å². The Bertz CT molecular complexity index is 686. The van der Waals surface area contributed by atoms with E-state index in [-0.39, 0.29) is 5.69 Å². The van der Waals surface area contributed by atoms with Crippen molar-refractivity contribution in [1.29, 1.82) is 0 Å². The Hall–Kier alpha value is -2.63. The van der Waals surface area contributed by atoms with Gasteiger partial charge in [0.2, 0.25) is 0 Å². The molecule has 1 aliphatic rings. The summed E-state index contributed by atoms with van der Waals surface area (Å²) in [5.41, 5.74) is 1.13. The van der Waals surface area contributed by atoms with Gasteiger partial charge in [0.1, 0.15) is 11.6 Å². The fraction of sp³-hybridized carbons (Fsp3) is 0.294. The molecule has 120 valence electrons. The number of amides is 2. The largest absolute Gasteiger partial charge is 0.357 e. The minimum absolute atomic E-state index is 0.164. The molecule has 0 spiro atoms. The van der Waals surface area contributed by atoms with Gasteiger partial charge in [0.05, 0.1) is 5.69 Å². The highest BCUT2D eigenvalue weighted by Crippen LogP contribution is 2.18. The maximum Gasteiger partial charge on any atom is 0.319 e. The van der Waals surface area contributed by atoms with E-state index in [4.69, 9.17) is 0 Å². The molecule has 0 atom stereocenters. The summed E-state index contributed by atoms with van der Waals surface area (Å²) in [6.45, 7) is 2.42. The Balaban J connectivity index is 1.56. The normalized spacial score (nSPS) is 13.9. The maximum atomic E-state index is 13.5. The number of aromatic nitrogens is 1. The number of nitrogens with one attached hydrogen (secondary N) is 2. The lowest BCUT2D eigenvalue weighted by molar-refractivity contribution is 0.251. The minimum atomic E-state index is -0.456. The molecule has 23 heavy (non-hydrogen) atoms. The molecule has 1 aromatic carbocycles. The summed E-state index contributed by atoms with van der Waals surface area (Å²) < 4.78 is 13.5. The molecule has 0 bridgehead atoms. The van der Waals surface area contributed by atoms with Crippen molar-refractivity contribution in [2.24, 2.45) is 0 Å². The maximum absolute atomic E-state index is 13.5. The van der Waals surface area contributed by atoms with Crippen molar-refractivity contribution in [3.05, 3.63) is 54.0 Å². The van der Waals surface area contributed by atoms with Crippen molar-refractivity contribution in [3.63, 3.8) is 0 Å². The van der Waals surface area contributed by atoms with Crippen molar-refractivity contribution in [3.8, 4) is 0 Å². The fourth-order valence-electron chi connectivity index (χ4n) is 2.60. The molecule has 1 fully saturated rings. The average molecular weight is 314 g/mol. The summed E-state index contributed by atoms with van der Waals surface area (Å²) in [7, 11) is 0. The monoisotopic (exact) mass is 314 g/mol. The fourth-order valence-corrected chi connectivity index (χ4v) is 2.60. The van der Waals surface area contributed by atoms with Gasteiger partial charge in [0.15, 0.2) is 0 Å². The van der Waals surface area contributed by atoms with Crippen LogP contribution >= 0.6 is 0 Å². The van der Waals surface area contributed by atoms with E-state index in [0.29, 0.717) is 6.54 Å². The number of hydrogen-bond donors (Lipinski definition) is 2. The molecule has 1 aliphatic heterocycles. The molecule has 1 saturated heterocycles. The predicted octanol–water partition coefficient (Wildman–Crippen LogP) is 3.14. The summed E-state index contributed by atoms with van der Waals surface area (Å²) >= 11 is 0. The number of carbonyl (C=O) groups excluding carboxylic acids is 1. The van der Waals surface area contributed by atoms with Gasteiger partial charge in [0, 0.05) is 25.8 Å². The molecule has 0 unspecified atom stereocenters. The number of carbonyl (C=O) groups is 1. The molecule has 0 saturated carbocycles. The highest BCUT2D eigenvalue weighted by atomic mass is 19.1. The highest BCUT2D eigenvalue weighted by molar-refractivity contribution is 5.89. The van der Waals surface area contributed by atoms with E-state index < -0.39 is 11.8 Å². The van der Waals surface area contributed by atoms with Gasteiger partial charge in [-0.2, -0.15) is 0 Å². The van der Waals surface area contributed by atoms with E-state index in [2.05, 4.69) is 20.5 Å². The molecule has 1 aromatic heterocycles. The van der Waals surface area contributed by atoms with Gasteiger partial charge in [-0.15, -0.1) is 0 Å². The third-order valence-electron chi connectivity index (χ3n) is 3.82. The van der Waals surface area contributed by atoms with E-state index in [9.17, 15) is 9.18 Å². The zero-order chi connectivity index (χ0) is 16.1. The van der Waals surface area contributed by atoms with Crippen LogP contribution in [-0.4, -0.2) is 24.1 Å². The molecule has 6 heteroatoms. The lowest BCUT2D eigenvalue weighted by Crippen LogP contribution is -2.28. The van der Waals surface area contributed by atoms with Crippen molar-refractivity contribution in [2.45, 2.75) is 19.4 Å². The van der Waals surface area contributed by atoms with Crippen LogP contribution < -0.4 is 15.5 Å². The molecule has 5 nitrogen and oxygen atoms in total. The summed E-state index contributed by atoms with van der Waals surface area (Å²) in [6.07, 6.45) is 4.13. The van der Waals surface area contributed by atoms with Gasteiger partial charge >= 0.3 is 6.03 Å². The average Bonchev–Trinajstić information content (AvgIpc) is 3.10. The van der Waals surface area contributed by atoms with Gasteiger partial charge in [-0.25, -0.2) is 14.2 Å². The van der Waals surface area contributed by atoms with Crippen LogP contribution in [0.15, 0.2) is 42.6 Å². The molecular weight excluding hydrogens is 295 g/mol. The van der Waals surface area contributed by atoms with Gasteiger partial charge in [-0.05, 0) is 42.7 Å². The first kappa shape index (κ1) is 15.3. The number of anilines is 2.